The van der Waals surface area contributed by atoms with Gasteiger partial charge in [-0.05, 0) is 44.5 Å². The lowest BCUT2D eigenvalue weighted by Gasteiger charge is -2.28. The number of alkyl halides is 3. The van der Waals surface area contributed by atoms with Crippen LogP contribution in [0.15, 0.2) is 30.6 Å². The molecule has 1 N–H and O–H groups in total. The molecule has 0 saturated carbocycles. The van der Waals surface area contributed by atoms with Crippen LogP contribution in [-0.4, -0.2) is 56.5 Å². The molecule has 1 atom stereocenters. The Morgan fingerprint density at radius 1 is 1.19 bits per heavy atom. The summed E-state index contributed by atoms with van der Waals surface area (Å²) in [6.07, 6.45) is -1.37. The summed E-state index contributed by atoms with van der Waals surface area (Å²) in [5.41, 5.74) is 2.20. The summed E-state index contributed by atoms with van der Waals surface area (Å²) >= 11 is 0. The molecule has 190 valence electrons. The number of nitrogens with zero attached hydrogens (tertiary/aromatic N) is 7. The molecule has 5 heterocycles. The van der Waals surface area contributed by atoms with Crippen LogP contribution >= 0.6 is 0 Å². The molecule has 9 nitrogen and oxygen atoms in total. The first-order chi connectivity index (χ1) is 17.3. The van der Waals surface area contributed by atoms with Gasteiger partial charge in [0.25, 0.3) is 5.91 Å². The zero-order valence-electron chi connectivity index (χ0n) is 20.1. The highest BCUT2D eigenvalue weighted by Crippen LogP contribution is 2.38. The van der Waals surface area contributed by atoms with E-state index < -0.39 is 12.2 Å². The normalized spacial score (nSPS) is 17.8. The van der Waals surface area contributed by atoms with Crippen LogP contribution in [0.5, 0.6) is 0 Å². The fourth-order valence-corrected chi connectivity index (χ4v) is 4.94. The molecule has 0 unspecified atom stereocenters. The van der Waals surface area contributed by atoms with Crippen LogP contribution < -0.4 is 15.1 Å². The van der Waals surface area contributed by atoms with Crippen molar-refractivity contribution >= 4 is 17.5 Å². The monoisotopic (exact) mass is 500 g/mol. The molecule has 0 aromatic carbocycles. The lowest BCUT2D eigenvalue weighted by atomic mass is 10.1. The summed E-state index contributed by atoms with van der Waals surface area (Å²) in [5.74, 6) is 0.915. The zero-order chi connectivity index (χ0) is 25.4. The highest BCUT2D eigenvalue weighted by molar-refractivity contribution is 6.10. The van der Waals surface area contributed by atoms with Gasteiger partial charge < -0.3 is 14.8 Å². The Morgan fingerprint density at radius 3 is 2.78 bits per heavy atom. The Labute approximate surface area is 206 Å². The van der Waals surface area contributed by atoms with Crippen molar-refractivity contribution in [2.75, 3.05) is 23.4 Å². The van der Waals surface area contributed by atoms with E-state index in [1.165, 1.54) is 15.9 Å². The molecule has 0 aliphatic carbocycles. The highest BCUT2D eigenvalue weighted by Gasteiger charge is 2.47. The topological polar surface area (TPSA) is 92.1 Å². The second-order valence-corrected chi connectivity index (χ2v) is 9.00. The molecule has 1 fully saturated rings. The van der Waals surface area contributed by atoms with Gasteiger partial charge in [0.15, 0.2) is 5.82 Å². The van der Waals surface area contributed by atoms with Crippen molar-refractivity contribution in [1.82, 2.24) is 30.0 Å². The van der Waals surface area contributed by atoms with E-state index in [0.717, 1.165) is 13.0 Å². The fraction of sp³-hybridized carbons (Fsp3) is 0.458. The minimum atomic E-state index is -4.36. The smallest absolute Gasteiger partial charge is 0.345 e. The summed E-state index contributed by atoms with van der Waals surface area (Å²) in [6, 6.07) is 5.25. The first-order valence-corrected chi connectivity index (χ1v) is 12.0. The number of anilines is 2. The van der Waals surface area contributed by atoms with Gasteiger partial charge in [-0.25, -0.2) is 9.97 Å². The van der Waals surface area contributed by atoms with Crippen LogP contribution in [-0.2, 0) is 19.6 Å². The molecular formula is C24H27F3N8O. The predicted molar refractivity (Wildman–Crippen MR) is 127 cm³/mol. The van der Waals surface area contributed by atoms with E-state index >= 15 is 0 Å². The van der Waals surface area contributed by atoms with Crippen LogP contribution in [0.2, 0.25) is 0 Å². The summed E-state index contributed by atoms with van der Waals surface area (Å²) in [6.45, 7) is 3.60. The average Bonchev–Trinajstić information content (AvgIpc) is 3.59. The molecule has 5 rings (SSSR count). The van der Waals surface area contributed by atoms with Gasteiger partial charge in [-0.2, -0.15) is 13.2 Å². The number of amides is 1. The number of aryl methyl sites for hydroxylation is 1. The Bertz CT molecular complexity index is 1270. The highest BCUT2D eigenvalue weighted by atomic mass is 19.4. The molecule has 36 heavy (non-hydrogen) atoms. The molecular weight excluding hydrogens is 473 g/mol. The summed E-state index contributed by atoms with van der Waals surface area (Å²) < 4.78 is 42.8. The van der Waals surface area contributed by atoms with Crippen LogP contribution in [0, 0.1) is 0 Å². The quantitative estimate of drug-likeness (QED) is 0.530. The van der Waals surface area contributed by atoms with Crippen molar-refractivity contribution in [2.24, 2.45) is 0 Å². The Morgan fingerprint density at radius 2 is 2.03 bits per heavy atom. The first-order valence-electron chi connectivity index (χ1n) is 12.0. The van der Waals surface area contributed by atoms with E-state index in [9.17, 15) is 18.0 Å². The third kappa shape index (κ3) is 4.29. The van der Waals surface area contributed by atoms with Crippen LogP contribution in [0.4, 0.5) is 24.8 Å². The number of halogens is 3. The molecule has 0 bridgehead atoms. The summed E-state index contributed by atoms with van der Waals surface area (Å²) in [4.78, 5) is 25.6. The van der Waals surface area contributed by atoms with Gasteiger partial charge in [-0.15, -0.1) is 10.2 Å². The van der Waals surface area contributed by atoms with Crippen molar-refractivity contribution < 1.29 is 18.0 Å². The minimum absolute atomic E-state index is 0.0169. The van der Waals surface area contributed by atoms with E-state index in [1.807, 2.05) is 10.6 Å². The molecule has 0 spiro atoms. The SMILES string of the molecule is CCCn1cnnc1-c1cccc(N2Cc3c(cc(N4CCC[C@H]4C(F)(F)F)nc3CNC)C2=O)n1. The van der Waals surface area contributed by atoms with Gasteiger partial charge in [0.1, 0.15) is 29.7 Å². The van der Waals surface area contributed by atoms with Crippen LogP contribution in [0.3, 0.4) is 0 Å². The van der Waals surface area contributed by atoms with E-state index in [0.29, 0.717) is 47.1 Å². The predicted octanol–water partition coefficient (Wildman–Crippen LogP) is 3.56. The number of hydrogen-bond acceptors (Lipinski definition) is 7. The molecule has 1 amide bonds. The van der Waals surface area contributed by atoms with E-state index in [-0.39, 0.29) is 31.2 Å². The lowest BCUT2D eigenvalue weighted by molar-refractivity contribution is -0.146. The van der Waals surface area contributed by atoms with E-state index in [2.05, 4.69) is 32.4 Å². The van der Waals surface area contributed by atoms with Crippen molar-refractivity contribution in [1.29, 1.82) is 0 Å². The third-order valence-corrected chi connectivity index (χ3v) is 6.58. The second kappa shape index (κ2) is 9.49. The summed E-state index contributed by atoms with van der Waals surface area (Å²) in [5, 5.41) is 11.2. The summed E-state index contributed by atoms with van der Waals surface area (Å²) in [7, 11) is 1.74. The zero-order valence-corrected chi connectivity index (χ0v) is 20.1. The fourth-order valence-electron chi connectivity index (χ4n) is 4.94. The van der Waals surface area contributed by atoms with Gasteiger partial charge >= 0.3 is 6.18 Å². The molecule has 2 aliphatic heterocycles. The van der Waals surface area contributed by atoms with Crippen molar-refractivity contribution in [3.05, 3.63) is 47.4 Å². The van der Waals surface area contributed by atoms with Gasteiger partial charge in [0, 0.05) is 25.2 Å². The number of rotatable bonds is 7. The van der Waals surface area contributed by atoms with Gasteiger partial charge in [0.05, 0.1) is 17.8 Å². The number of hydrogen-bond donors (Lipinski definition) is 1. The average molecular weight is 501 g/mol. The van der Waals surface area contributed by atoms with Gasteiger partial charge in [-0.1, -0.05) is 13.0 Å². The maximum atomic E-state index is 13.6. The van der Waals surface area contributed by atoms with Crippen LogP contribution in [0.1, 0.15) is 47.8 Å². The van der Waals surface area contributed by atoms with Gasteiger partial charge in [0.2, 0.25) is 0 Å². The maximum absolute atomic E-state index is 13.6. The lowest BCUT2D eigenvalue weighted by Crippen LogP contribution is -2.41. The Balaban J connectivity index is 1.50. The largest absolute Gasteiger partial charge is 0.408 e. The van der Waals surface area contributed by atoms with Crippen LogP contribution in [0.25, 0.3) is 11.5 Å². The van der Waals surface area contributed by atoms with Gasteiger partial charge in [-0.3, -0.25) is 9.69 Å². The molecule has 2 aliphatic rings. The number of pyridine rings is 2. The third-order valence-electron chi connectivity index (χ3n) is 6.58. The molecule has 3 aromatic rings. The second-order valence-electron chi connectivity index (χ2n) is 9.00. The number of carbonyl (C=O) groups is 1. The Hall–Kier alpha value is -3.54. The molecule has 12 heteroatoms. The van der Waals surface area contributed by atoms with Crippen molar-refractivity contribution in [3.8, 4) is 11.5 Å². The number of aromatic nitrogens is 5. The van der Waals surface area contributed by atoms with Crippen molar-refractivity contribution in [2.45, 2.75) is 58.0 Å². The molecule has 0 radical (unpaired) electrons. The van der Waals surface area contributed by atoms with E-state index in [1.54, 1.807) is 25.5 Å². The molecule has 1 saturated heterocycles. The number of nitrogens with one attached hydrogen (secondary N) is 1. The maximum Gasteiger partial charge on any atom is 0.408 e. The molecule has 3 aromatic heterocycles. The van der Waals surface area contributed by atoms with E-state index in [4.69, 9.17) is 0 Å². The number of carbonyl (C=O) groups excluding carboxylic acids is 1. The number of fused-ring (bicyclic) bond motifs is 1. The standard InChI is InChI=1S/C24H27F3N8O/c1-3-9-33-14-29-32-22(33)17-6-4-8-20(30-17)35-13-16-15(23(35)36)11-21(31-18(16)12-28-2)34-10-5-7-19(34)24(25,26)27/h4,6,8,11,14,19,28H,3,5,7,9-10,12-13H2,1-2H3/t19-/m0/s1. The minimum Gasteiger partial charge on any atom is -0.345 e. The van der Waals surface area contributed by atoms with Crippen molar-refractivity contribution in [3.63, 3.8) is 0 Å². The first kappa shape index (κ1) is 24.2. The Kier molecular flexibility index (Phi) is 6.37.